The van der Waals surface area contributed by atoms with Crippen LogP contribution >= 0.6 is 0 Å². The van der Waals surface area contributed by atoms with Crippen molar-refractivity contribution in [1.29, 1.82) is 0 Å². The van der Waals surface area contributed by atoms with E-state index in [4.69, 9.17) is 40.8 Å². The maximum Gasteiger partial charge on any atom is 0.255 e. The van der Waals surface area contributed by atoms with Crippen LogP contribution in [0.3, 0.4) is 0 Å². The number of hydrogen-bond acceptors (Lipinski definition) is 18. The molecular weight excluding hydrogens is 1270 g/mol. The number of ether oxygens (including phenoxy) is 6. The number of imide groups is 3. The molecule has 15 rings (SSSR count). The van der Waals surface area contributed by atoms with Crippen LogP contribution in [-0.4, -0.2) is 180 Å². The average molecular weight is 1360 g/mol. The van der Waals surface area contributed by atoms with Gasteiger partial charge in [-0.15, -0.1) is 0 Å². The highest BCUT2D eigenvalue weighted by Crippen LogP contribution is 2.37. The molecule has 99 heavy (non-hydrogen) atoms. The van der Waals surface area contributed by atoms with Gasteiger partial charge in [-0.1, -0.05) is 91.0 Å². The quantitative estimate of drug-likeness (QED) is 0.0887. The van der Waals surface area contributed by atoms with Gasteiger partial charge < -0.3 is 43.1 Å². The van der Waals surface area contributed by atoms with Crippen molar-refractivity contribution >= 4 is 53.2 Å². The number of amides is 9. The number of nitrogens with one attached hydrogen (secondary N) is 3. The van der Waals surface area contributed by atoms with Gasteiger partial charge >= 0.3 is 0 Å². The molecule has 0 spiro atoms. The second-order valence-electron chi connectivity index (χ2n) is 24.7. The first kappa shape index (κ1) is 57.2. The van der Waals surface area contributed by atoms with Crippen LogP contribution in [0.15, 0.2) is 127 Å². The molecule has 6 saturated heterocycles. The Kier molecular flexibility index (Phi) is 18.2. The monoisotopic (exact) mass is 1360 g/mol. The van der Waals surface area contributed by atoms with Gasteiger partial charge in [0.25, 0.3) is 17.7 Å². The van der Waals surface area contributed by atoms with E-state index < -0.39 is 90.7 Å². The fourth-order valence-corrected chi connectivity index (χ4v) is 12.5. The highest BCUT2D eigenvalue weighted by atomic mass is 16.5. The van der Waals surface area contributed by atoms with Gasteiger partial charge in [-0.3, -0.25) is 73.8 Å². The molecule has 24 heteroatoms. The Morgan fingerprint density at radius 3 is 0.869 bits per heavy atom. The largest absolute Gasteiger partial charge is 0.489 e. The summed E-state index contributed by atoms with van der Waals surface area (Å²) in [6.07, 6.45) is -1.33. The van der Waals surface area contributed by atoms with Crippen LogP contribution in [0.1, 0.15) is 132 Å². The summed E-state index contributed by atoms with van der Waals surface area (Å²) in [4.78, 5) is 121. The van der Waals surface area contributed by atoms with Gasteiger partial charge in [-0.05, 0) is 89.0 Å². The number of nitrogens with zero attached hydrogens (tertiary/aromatic N) is 6. The van der Waals surface area contributed by atoms with E-state index in [0.29, 0.717) is 14.7 Å². The topological polar surface area (TPSA) is 265 Å². The molecule has 3 N–H and O–H groups in total. The molecule has 0 bridgehead atoms. The number of rotatable bonds is 18. The Labute approximate surface area is 586 Å². The third-order valence-electron chi connectivity index (χ3n) is 18.0. The second-order valence-corrected chi connectivity index (χ2v) is 24.7. The van der Waals surface area contributed by atoms with Crippen LogP contribution in [0, 0.1) is 0 Å². The average Bonchev–Trinajstić information content (AvgIpc) is 1.58. The van der Waals surface area contributed by atoms with Gasteiger partial charge in [0.15, 0.2) is 0 Å². The predicted molar refractivity (Wildman–Crippen MR) is 358 cm³/mol. The van der Waals surface area contributed by atoms with Gasteiger partial charge in [0, 0.05) is 112 Å². The van der Waals surface area contributed by atoms with Crippen molar-refractivity contribution in [2.45, 2.75) is 116 Å². The standard InChI is InChI=1S/3C25H27N3O5/c3*29-23-9-8-21(24(30)26-23)28-15-20-19(25(28)31)2-1-3-22(20)33-16-18-6-4-17(5-7-18)14-27-10-12-32-13-11-27/h3*1-7,21H,8-16H2,(H,26,29,30)/t2*21-;/m10./s1/i3*15D2,21D. The highest BCUT2D eigenvalue weighted by Gasteiger charge is 2.43. The van der Waals surface area contributed by atoms with Gasteiger partial charge in [0.1, 0.15) is 55.1 Å². The minimum atomic E-state index is -2.48. The molecule has 9 amide bonds. The molecule has 0 aliphatic carbocycles. The maximum atomic E-state index is 13.2. The van der Waals surface area contributed by atoms with E-state index in [9.17, 15) is 43.2 Å². The smallest absolute Gasteiger partial charge is 0.255 e. The summed E-state index contributed by atoms with van der Waals surface area (Å²) in [5.41, 5.74) is 6.20. The van der Waals surface area contributed by atoms with Crippen molar-refractivity contribution in [1.82, 2.24) is 45.3 Å². The number of benzene rings is 6. The molecule has 0 aromatic heterocycles. The lowest BCUT2D eigenvalue weighted by molar-refractivity contribution is -0.138. The van der Waals surface area contributed by atoms with Crippen LogP contribution in [0.4, 0.5) is 0 Å². The summed E-state index contributed by atoms with van der Waals surface area (Å²) in [6.45, 7) is 5.38. The molecule has 3 atom stereocenters. The lowest BCUT2D eigenvalue weighted by Gasteiger charge is -2.29. The van der Waals surface area contributed by atoms with Crippen LogP contribution in [0.5, 0.6) is 17.2 Å². The Bertz CT molecular complexity index is 4040. The molecule has 516 valence electrons. The van der Waals surface area contributed by atoms with E-state index in [2.05, 4.69) is 30.7 Å². The van der Waals surface area contributed by atoms with E-state index >= 15 is 0 Å². The zero-order chi connectivity index (χ0) is 76.5. The maximum absolute atomic E-state index is 13.2. The Hall–Kier alpha value is -9.69. The first-order chi connectivity index (χ1) is 51.6. The predicted octanol–water partition coefficient (Wildman–Crippen LogP) is 5.58. The van der Waals surface area contributed by atoms with Gasteiger partial charge in [0.2, 0.25) is 35.4 Å². The van der Waals surface area contributed by atoms with Crippen molar-refractivity contribution in [2.75, 3.05) is 78.9 Å². The molecule has 9 aliphatic rings. The van der Waals surface area contributed by atoms with Crippen molar-refractivity contribution in [3.8, 4) is 17.2 Å². The lowest BCUT2D eigenvalue weighted by atomic mass is 10.0. The molecule has 0 saturated carbocycles. The van der Waals surface area contributed by atoms with E-state index in [-0.39, 0.29) is 109 Å². The highest BCUT2D eigenvalue weighted by molar-refractivity contribution is 6.08. The summed E-state index contributed by atoms with van der Waals surface area (Å²) in [5, 5.41) is 6.17. The molecule has 6 aromatic carbocycles. The molecular formula is C75H81N9O15. The number of fused-ring (bicyclic) bond motifs is 3. The Morgan fingerprint density at radius 1 is 0.364 bits per heavy atom. The molecule has 6 aromatic rings. The number of carbonyl (C=O) groups excluding carboxylic acids is 9. The van der Waals surface area contributed by atoms with E-state index in [1.807, 2.05) is 72.8 Å². The molecule has 24 nitrogen and oxygen atoms in total. The first-order valence-electron chi connectivity index (χ1n) is 37.6. The number of morpholine rings is 3. The summed E-state index contributed by atoms with van der Waals surface area (Å²) < 4.78 is 112. The van der Waals surface area contributed by atoms with Gasteiger partial charge in [-0.25, -0.2) is 0 Å². The third kappa shape index (κ3) is 16.4. The lowest BCUT2D eigenvalue weighted by Crippen LogP contribution is -2.52. The SMILES string of the molecule is [2H]C1(N2C(=O)c3cccc(OCc4ccc(CN5CCOCC5)cc4)c3C2([2H])[2H])CCC(=O)NC1=O.[2H]C1([2H])c2c(OCc3ccc(CN4CCOCC4)cc3)cccc2C(=O)N1[C@@]1([2H])CCC(=O)NC1=O.[2H]C1([2H])c2c(OCc3ccc(CN4CCOCC4)cc3)cccc2C(=O)N1[C@]1([2H])CCC(=O)NC1=O. The summed E-state index contributed by atoms with van der Waals surface area (Å²) in [7, 11) is 0. The minimum absolute atomic E-state index is 0.0183. The van der Waals surface area contributed by atoms with Gasteiger partial charge in [-0.2, -0.15) is 0 Å². The minimum Gasteiger partial charge on any atom is -0.489 e. The van der Waals surface area contributed by atoms with Crippen molar-refractivity contribution in [3.63, 3.8) is 0 Å². The fraction of sp³-hybridized carbons (Fsp3) is 0.400. The molecule has 1 unspecified atom stereocenters. The summed E-state index contributed by atoms with van der Waals surface area (Å²) >= 11 is 0. The molecule has 9 heterocycles. The van der Waals surface area contributed by atoms with Crippen LogP contribution in [0.25, 0.3) is 0 Å². The second kappa shape index (κ2) is 31.4. The number of piperidine rings is 3. The Morgan fingerprint density at radius 2 is 0.616 bits per heavy atom. The van der Waals surface area contributed by atoms with Crippen molar-refractivity contribution < 1.29 is 83.9 Å². The Balaban J connectivity index is 0.000000143. The third-order valence-corrected chi connectivity index (χ3v) is 18.0. The molecule has 9 aliphatic heterocycles. The van der Waals surface area contributed by atoms with Gasteiger partial charge in [0.05, 0.1) is 71.5 Å². The van der Waals surface area contributed by atoms with E-state index in [1.165, 1.54) is 34.9 Å². The number of carbonyl (C=O) groups is 9. The van der Waals surface area contributed by atoms with Crippen LogP contribution in [-0.2, 0) is 102 Å². The summed E-state index contributed by atoms with van der Waals surface area (Å²) in [6, 6.07) is 31.0. The first-order valence-corrected chi connectivity index (χ1v) is 33.1. The zero-order valence-electron chi connectivity index (χ0n) is 63.4. The van der Waals surface area contributed by atoms with Crippen molar-refractivity contribution in [2.24, 2.45) is 0 Å². The zero-order valence-corrected chi connectivity index (χ0v) is 54.4. The number of hydrogen-bond donors (Lipinski definition) is 3. The summed E-state index contributed by atoms with van der Waals surface area (Å²) in [5.74, 6) is -6.53. The fourth-order valence-electron chi connectivity index (χ4n) is 12.5. The normalized spacial score (nSPS) is 26.2. The van der Waals surface area contributed by atoms with E-state index in [0.717, 1.165) is 115 Å². The molecule has 0 radical (unpaired) electrons. The van der Waals surface area contributed by atoms with Crippen LogP contribution < -0.4 is 30.2 Å². The van der Waals surface area contributed by atoms with E-state index in [1.54, 1.807) is 36.4 Å². The van der Waals surface area contributed by atoms with Crippen molar-refractivity contribution in [3.05, 3.63) is 194 Å². The van der Waals surface area contributed by atoms with Crippen LogP contribution in [0.2, 0.25) is 0 Å². The molecule has 6 fully saturated rings.